The Hall–Kier alpha value is -3.21. The van der Waals surface area contributed by atoms with Crippen LogP contribution < -0.4 is 0 Å². The van der Waals surface area contributed by atoms with Crippen molar-refractivity contribution in [3.8, 4) is 11.1 Å². The van der Waals surface area contributed by atoms with Crippen LogP contribution in [0.25, 0.3) is 17.0 Å². The van der Waals surface area contributed by atoms with Gasteiger partial charge in [0.15, 0.2) is 5.83 Å². The third kappa shape index (κ3) is 7.96. The SMILES string of the molecule is CC=CCCc1c(F)cc(-c2ccc(CCC3CCC(c4ccc(C(F)=C(F)CCC)cc4)CC3)cc2F)cc1F. The minimum absolute atomic E-state index is 0.0273. The Kier molecular flexibility index (Phi) is 11.0. The van der Waals surface area contributed by atoms with E-state index in [1.54, 1.807) is 18.2 Å². The highest BCUT2D eigenvalue weighted by Crippen LogP contribution is 2.38. The van der Waals surface area contributed by atoms with E-state index in [0.29, 0.717) is 30.2 Å². The largest absolute Gasteiger partial charge is 0.209 e. The van der Waals surface area contributed by atoms with E-state index in [0.717, 1.165) is 49.7 Å². The van der Waals surface area contributed by atoms with Crippen LogP contribution >= 0.6 is 0 Å². The van der Waals surface area contributed by atoms with Crippen molar-refractivity contribution < 1.29 is 22.0 Å². The van der Waals surface area contributed by atoms with Gasteiger partial charge in [0, 0.05) is 23.1 Å². The first kappa shape index (κ1) is 30.7. The molecular weight excluding hydrogens is 527 g/mol. The molecule has 0 nitrogen and oxygen atoms in total. The zero-order chi connectivity index (χ0) is 29.4. The van der Waals surface area contributed by atoms with Crippen LogP contribution in [-0.2, 0) is 12.8 Å². The fraction of sp³-hybridized carbons (Fsp3) is 0.389. The molecule has 41 heavy (non-hydrogen) atoms. The molecule has 0 aliphatic heterocycles. The lowest BCUT2D eigenvalue weighted by Gasteiger charge is -2.29. The van der Waals surface area contributed by atoms with Crippen LogP contribution in [-0.4, -0.2) is 0 Å². The summed E-state index contributed by atoms with van der Waals surface area (Å²) in [6.07, 6.45) is 11.0. The van der Waals surface area contributed by atoms with E-state index in [1.807, 2.05) is 44.2 Å². The van der Waals surface area contributed by atoms with Gasteiger partial charge in [0.1, 0.15) is 23.3 Å². The van der Waals surface area contributed by atoms with Crippen LogP contribution in [0.4, 0.5) is 22.0 Å². The molecule has 0 unspecified atom stereocenters. The fourth-order valence-corrected chi connectivity index (χ4v) is 5.88. The summed E-state index contributed by atoms with van der Waals surface area (Å²) in [4.78, 5) is 0. The molecule has 5 heteroatoms. The Morgan fingerprint density at radius 2 is 1.51 bits per heavy atom. The number of allylic oxidation sites excluding steroid dienone is 3. The number of hydrogen-bond acceptors (Lipinski definition) is 0. The molecule has 0 radical (unpaired) electrons. The summed E-state index contributed by atoms with van der Waals surface area (Å²) in [5, 5.41) is 0. The van der Waals surface area contributed by atoms with Gasteiger partial charge in [-0.05, 0) is 111 Å². The number of hydrogen-bond donors (Lipinski definition) is 0. The van der Waals surface area contributed by atoms with Gasteiger partial charge in [-0.25, -0.2) is 22.0 Å². The Bertz CT molecular complexity index is 1340. The summed E-state index contributed by atoms with van der Waals surface area (Å²) in [6, 6.07) is 14.6. The normalized spacial score (nSPS) is 18.1. The molecule has 0 saturated heterocycles. The van der Waals surface area contributed by atoms with E-state index in [4.69, 9.17) is 0 Å². The van der Waals surface area contributed by atoms with Gasteiger partial charge >= 0.3 is 0 Å². The van der Waals surface area contributed by atoms with Gasteiger partial charge in [0.05, 0.1) is 0 Å². The first-order valence-electron chi connectivity index (χ1n) is 14.8. The fourth-order valence-electron chi connectivity index (χ4n) is 5.88. The molecule has 0 amide bonds. The van der Waals surface area contributed by atoms with Gasteiger partial charge in [-0.1, -0.05) is 55.5 Å². The van der Waals surface area contributed by atoms with Crippen LogP contribution in [0.5, 0.6) is 0 Å². The van der Waals surface area contributed by atoms with Crippen molar-refractivity contribution >= 4 is 5.83 Å². The average Bonchev–Trinajstić information content (AvgIpc) is 2.97. The molecule has 1 saturated carbocycles. The second-order valence-corrected chi connectivity index (χ2v) is 11.2. The molecule has 1 aliphatic carbocycles. The van der Waals surface area contributed by atoms with Gasteiger partial charge in [-0.2, -0.15) is 0 Å². The minimum atomic E-state index is -0.764. The molecule has 1 fully saturated rings. The second kappa shape index (κ2) is 14.6. The van der Waals surface area contributed by atoms with Crippen molar-refractivity contribution in [2.45, 2.75) is 84.0 Å². The molecule has 0 atom stereocenters. The highest BCUT2D eigenvalue weighted by atomic mass is 19.2. The van der Waals surface area contributed by atoms with E-state index in [9.17, 15) is 17.6 Å². The zero-order valence-corrected chi connectivity index (χ0v) is 24.0. The van der Waals surface area contributed by atoms with Crippen molar-refractivity contribution in [2.75, 3.05) is 0 Å². The van der Waals surface area contributed by atoms with Gasteiger partial charge in [0.25, 0.3) is 0 Å². The maximum absolute atomic E-state index is 15.0. The predicted octanol–water partition coefficient (Wildman–Crippen LogP) is 11.6. The van der Waals surface area contributed by atoms with Crippen LogP contribution in [0.2, 0.25) is 0 Å². The van der Waals surface area contributed by atoms with Gasteiger partial charge in [0.2, 0.25) is 0 Å². The molecule has 4 rings (SSSR count). The molecule has 3 aromatic carbocycles. The Balaban J connectivity index is 1.31. The Morgan fingerprint density at radius 1 is 0.829 bits per heavy atom. The molecule has 0 bridgehead atoms. The van der Waals surface area contributed by atoms with Gasteiger partial charge in [-0.15, -0.1) is 0 Å². The van der Waals surface area contributed by atoms with Gasteiger partial charge in [-0.3, -0.25) is 0 Å². The highest BCUT2D eigenvalue weighted by Gasteiger charge is 2.23. The van der Waals surface area contributed by atoms with Crippen LogP contribution in [0, 0.1) is 23.4 Å². The third-order valence-electron chi connectivity index (χ3n) is 8.31. The maximum atomic E-state index is 15.0. The molecule has 0 spiro atoms. The summed E-state index contributed by atoms with van der Waals surface area (Å²) in [5.41, 5.74) is 2.75. The summed E-state index contributed by atoms with van der Waals surface area (Å²) >= 11 is 0. The molecule has 0 heterocycles. The summed E-state index contributed by atoms with van der Waals surface area (Å²) in [5.74, 6) is -2.29. The standard InChI is InChI=1S/C36H39F5/c1-3-5-6-8-31-34(39)22-29(23-35(31)40)30-20-13-25(21-33(30)38)10-9-24-11-14-26(15-12-24)27-16-18-28(19-17-27)36(41)32(37)7-4-2/h3,5,13,16-24,26H,4,6-12,14-15H2,1-2H3. The van der Waals surface area contributed by atoms with E-state index in [2.05, 4.69) is 0 Å². The van der Waals surface area contributed by atoms with Crippen molar-refractivity contribution in [3.05, 3.63) is 112 Å². The van der Waals surface area contributed by atoms with Crippen LogP contribution in [0.15, 0.2) is 72.6 Å². The Morgan fingerprint density at radius 3 is 2.12 bits per heavy atom. The summed E-state index contributed by atoms with van der Waals surface area (Å²) in [6.45, 7) is 3.68. The quantitative estimate of drug-likeness (QED) is 0.160. The third-order valence-corrected chi connectivity index (χ3v) is 8.31. The monoisotopic (exact) mass is 566 g/mol. The first-order valence-corrected chi connectivity index (χ1v) is 14.8. The van der Waals surface area contributed by atoms with E-state index < -0.39 is 29.1 Å². The van der Waals surface area contributed by atoms with E-state index in [1.165, 1.54) is 18.2 Å². The van der Waals surface area contributed by atoms with Crippen molar-refractivity contribution in [1.29, 1.82) is 0 Å². The molecule has 218 valence electrons. The zero-order valence-electron chi connectivity index (χ0n) is 24.0. The maximum Gasteiger partial charge on any atom is 0.161 e. The summed E-state index contributed by atoms with van der Waals surface area (Å²) < 4.78 is 72.3. The van der Waals surface area contributed by atoms with Crippen molar-refractivity contribution in [1.82, 2.24) is 0 Å². The predicted molar refractivity (Wildman–Crippen MR) is 158 cm³/mol. The van der Waals surface area contributed by atoms with Crippen LogP contribution in [0.3, 0.4) is 0 Å². The number of rotatable bonds is 11. The van der Waals surface area contributed by atoms with E-state index >= 15 is 4.39 Å². The molecule has 3 aromatic rings. The smallest absolute Gasteiger partial charge is 0.161 e. The van der Waals surface area contributed by atoms with Crippen molar-refractivity contribution in [3.63, 3.8) is 0 Å². The lowest BCUT2D eigenvalue weighted by molar-refractivity contribution is 0.310. The minimum Gasteiger partial charge on any atom is -0.209 e. The van der Waals surface area contributed by atoms with Crippen molar-refractivity contribution in [2.24, 2.45) is 5.92 Å². The lowest BCUT2D eigenvalue weighted by atomic mass is 9.77. The molecule has 0 N–H and O–H groups in total. The second-order valence-electron chi connectivity index (χ2n) is 11.2. The number of aryl methyl sites for hydroxylation is 1. The molecular formula is C36H39F5. The van der Waals surface area contributed by atoms with Gasteiger partial charge < -0.3 is 0 Å². The molecule has 0 aromatic heterocycles. The first-order chi connectivity index (χ1) is 19.8. The topological polar surface area (TPSA) is 0 Å². The number of benzene rings is 3. The average molecular weight is 567 g/mol. The van der Waals surface area contributed by atoms with Crippen LogP contribution in [0.1, 0.15) is 93.4 Å². The molecule has 1 aliphatic rings. The lowest BCUT2D eigenvalue weighted by Crippen LogP contribution is -2.14. The van der Waals surface area contributed by atoms with E-state index in [-0.39, 0.29) is 29.5 Å². The highest BCUT2D eigenvalue weighted by molar-refractivity contribution is 5.65. The summed E-state index contributed by atoms with van der Waals surface area (Å²) in [7, 11) is 0. The Labute approximate surface area is 241 Å². The number of halogens is 5.